The molecule has 1 fully saturated rings. The van der Waals surface area contributed by atoms with E-state index in [0.29, 0.717) is 13.1 Å². The Morgan fingerprint density at radius 2 is 2.00 bits per heavy atom. The normalized spacial score (nSPS) is 15.1. The van der Waals surface area contributed by atoms with Crippen molar-refractivity contribution < 1.29 is 14.7 Å². The van der Waals surface area contributed by atoms with E-state index < -0.39 is 5.97 Å². The molecule has 2 heterocycles. The summed E-state index contributed by atoms with van der Waals surface area (Å²) in [4.78, 5) is 31.5. The minimum atomic E-state index is -1.23. The van der Waals surface area contributed by atoms with Crippen LogP contribution in [0.25, 0.3) is 0 Å². The van der Waals surface area contributed by atoms with Gasteiger partial charge in [-0.15, -0.1) is 0 Å². The van der Waals surface area contributed by atoms with E-state index in [9.17, 15) is 9.59 Å². The number of hydrogen-bond acceptors (Lipinski definition) is 4. The fourth-order valence-electron chi connectivity index (χ4n) is 1.66. The summed E-state index contributed by atoms with van der Waals surface area (Å²) in [6.45, 7) is 1.43. The summed E-state index contributed by atoms with van der Waals surface area (Å²) in [5, 5.41) is 8.71. The van der Waals surface area contributed by atoms with E-state index in [1.165, 1.54) is 12.3 Å². The Kier molecular flexibility index (Phi) is 2.80. The predicted molar refractivity (Wildman–Crippen MR) is 54.1 cm³/mol. The lowest BCUT2D eigenvalue weighted by atomic mass is 10.3. The van der Waals surface area contributed by atoms with Gasteiger partial charge in [0.1, 0.15) is 5.69 Å². The maximum absolute atomic E-state index is 11.9. The second kappa shape index (κ2) is 4.26. The third-order valence-electron chi connectivity index (χ3n) is 2.46. The molecule has 0 saturated carbocycles. The molecule has 16 heavy (non-hydrogen) atoms. The Labute approximate surface area is 91.9 Å². The maximum atomic E-state index is 11.9. The highest BCUT2D eigenvalue weighted by molar-refractivity contribution is 5.93. The number of carbonyl (C=O) groups is 2. The summed E-state index contributed by atoms with van der Waals surface area (Å²) in [5.41, 5.74) is 0.148. The summed E-state index contributed by atoms with van der Waals surface area (Å²) in [6, 6.07) is 1.44. The lowest BCUT2D eigenvalue weighted by Crippen LogP contribution is -2.29. The monoisotopic (exact) mass is 221 g/mol. The van der Waals surface area contributed by atoms with E-state index in [0.717, 1.165) is 12.8 Å². The summed E-state index contributed by atoms with van der Waals surface area (Å²) in [7, 11) is 0. The molecule has 2 rings (SSSR count). The molecule has 1 aromatic heterocycles. The highest BCUT2D eigenvalue weighted by atomic mass is 16.4. The van der Waals surface area contributed by atoms with Crippen molar-refractivity contribution in [1.82, 2.24) is 14.9 Å². The van der Waals surface area contributed by atoms with Gasteiger partial charge in [-0.2, -0.15) is 0 Å². The summed E-state index contributed by atoms with van der Waals surface area (Å²) in [6.07, 6.45) is 3.27. The van der Waals surface area contributed by atoms with Crippen LogP contribution in [0.5, 0.6) is 0 Å². The van der Waals surface area contributed by atoms with Gasteiger partial charge in [0.05, 0.1) is 0 Å². The quantitative estimate of drug-likeness (QED) is 0.782. The van der Waals surface area contributed by atoms with Crippen molar-refractivity contribution in [1.29, 1.82) is 0 Å². The molecule has 1 saturated heterocycles. The largest absolute Gasteiger partial charge is 0.475 e. The average molecular weight is 221 g/mol. The third kappa shape index (κ3) is 2.00. The summed E-state index contributed by atoms with van der Waals surface area (Å²) < 4.78 is 0. The van der Waals surface area contributed by atoms with Gasteiger partial charge in [-0.05, 0) is 18.9 Å². The van der Waals surface area contributed by atoms with Crippen LogP contribution in [0.15, 0.2) is 12.3 Å². The number of nitrogens with zero attached hydrogens (tertiary/aromatic N) is 3. The number of aromatic nitrogens is 2. The molecule has 6 heteroatoms. The Morgan fingerprint density at radius 3 is 2.62 bits per heavy atom. The molecule has 1 aliphatic rings. The van der Waals surface area contributed by atoms with Gasteiger partial charge in [-0.1, -0.05) is 0 Å². The van der Waals surface area contributed by atoms with Crippen molar-refractivity contribution in [2.45, 2.75) is 12.8 Å². The van der Waals surface area contributed by atoms with Crippen molar-refractivity contribution in [3.63, 3.8) is 0 Å². The zero-order chi connectivity index (χ0) is 11.5. The lowest BCUT2D eigenvalue weighted by Gasteiger charge is -2.14. The predicted octanol–water partition coefficient (Wildman–Crippen LogP) is 0.411. The molecule has 1 aliphatic heterocycles. The van der Waals surface area contributed by atoms with Crippen LogP contribution in [0.3, 0.4) is 0 Å². The molecule has 0 aliphatic carbocycles. The molecule has 0 bridgehead atoms. The average Bonchev–Trinajstić information content (AvgIpc) is 2.81. The van der Waals surface area contributed by atoms with Crippen LogP contribution in [0.4, 0.5) is 0 Å². The summed E-state index contributed by atoms with van der Waals surface area (Å²) >= 11 is 0. The van der Waals surface area contributed by atoms with Gasteiger partial charge < -0.3 is 10.0 Å². The van der Waals surface area contributed by atoms with Crippen LogP contribution in [0.1, 0.15) is 33.9 Å². The first-order chi connectivity index (χ1) is 7.68. The number of rotatable bonds is 2. The molecule has 1 N–H and O–H groups in total. The Bertz CT molecular complexity index is 427. The second-order valence-corrected chi connectivity index (χ2v) is 3.57. The highest BCUT2D eigenvalue weighted by Gasteiger charge is 2.21. The van der Waals surface area contributed by atoms with Crippen LogP contribution in [0, 0.1) is 0 Å². The molecule has 0 spiro atoms. The molecule has 0 radical (unpaired) electrons. The minimum Gasteiger partial charge on any atom is -0.475 e. The number of hydrogen-bond donors (Lipinski definition) is 1. The van der Waals surface area contributed by atoms with Gasteiger partial charge in [0, 0.05) is 19.3 Å². The first-order valence-corrected chi connectivity index (χ1v) is 5.04. The van der Waals surface area contributed by atoms with E-state index in [1.807, 2.05) is 0 Å². The fraction of sp³-hybridized carbons (Fsp3) is 0.400. The number of amides is 1. The third-order valence-corrected chi connectivity index (χ3v) is 2.46. The number of carboxylic acid groups (broad SMARTS) is 1. The van der Waals surface area contributed by atoms with Gasteiger partial charge >= 0.3 is 5.97 Å². The molecule has 0 atom stereocenters. The van der Waals surface area contributed by atoms with Gasteiger partial charge in [0.15, 0.2) is 0 Å². The van der Waals surface area contributed by atoms with Gasteiger partial charge in [0.25, 0.3) is 5.91 Å². The van der Waals surface area contributed by atoms with Crippen LogP contribution >= 0.6 is 0 Å². The zero-order valence-electron chi connectivity index (χ0n) is 8.59. The number of carboxylic acids is 1. The van der Waals surface area contributed by atoms with Gasteiger partial charge in [-0.25, -0.2) is 14.8 Å². The number of likely N-dealkylation sites (tertiary alicyclic amines) is 1. The summed E-state index contributed by atoms with van der Waals surface area (Å²) in [5.74, 6) is -1.79. The molecule has 1 aromatic rings. The first kappa shape index (κ1) is 10.5. The van der Waals surface area contributed by atoms with Crippen LogP contribution in [-0.4, -0.2) is 44.9 Å². The molecule has 6 nitrogen and oxygen atoms in total. The standard InChI is InChI=1S/C10H11N3O3/c14-9(13-5-1-2-6-13)7-3-4-11-8(12-7)10(15)16/h3-4H,1-2,5-6H2,(H,15,16). The van der Waals surface area contributed by atoms with E-state index in [-0.39, 0.29) is 17.4 Å². The zero-order valence-corrected chi connectivity index (χ0v) is 8.59. The van der Waals surface area contributed by atoms with E-state index in [1.54, 1.807) is 4.90 Å². The molecule has 0 unspecified atom stereocenters. The Hall–Kier alpha value is -1.98. The van der Waals surface area contributed by atoms with Crippen molar-refractivity contribution in [3.8, 4) is 0 Å². The highest BCUT2D eigenvalue weighted by Crippen LogP contribution is 2.11. The van der Waals surface area contributed by atoms with E-state index in [2.05, 4.69) is 9.97 Å². The smallest absolute Gasteiger partial charge is 0.373 e. The van der Waals surface area contributed by atoms with Crippen LogP contribution in [0.2, 0.25) is 0 Å². The maximum Gasteiger partial charge on any atom is 0.373 e. The Balaban J connectivity index is 2.22. The van der Waals surface area contributed by atoms with Crippen LogP contribution < -0.4 is 0 Å². The van der Waals surface area contributed by atoms with Crippen LogP contribution in [-0.2, 0) is 0 Å². The molecular formula is C10H11N3O3. The Morgan fingerprint density at radius 1 is 1.31 bits per heavy atom. The molecule has 1 amide bonds. The SMILES string of the molecule is O=C(O)c1nccc(C(=O)N2CCCC2)n1. The van der Waals surface area contributed by atoms with Gasteiger partial charge in [-0.3, -0.25) is 4.79 Å². The number of aromatic carboxylic acids is 1. The molecule has 0 aromatic carbocycles. The number of carbonyl (C=O) groups excluding carboxylic acids is 1. The molecular weight excluding hydrogens is 210 g/mol. The van der Waals surface area contributed by atoms with E-state index >= 15 is 0 Å². The second-order valence-electron chi connectivity index (χ2n) is 3.57. The first-order valence-electron chi connectivity index (χ1n) is 5.04. The fourth-order valence-corrected chi connectivity index (χ4v) is 1.66. The lowest BCUT2D eigenvalue weighted by molar-refractivity contribution is 0.0683. The van der Waals surface area contributed by atoms with Crippen molar-refractivity contribution in [2.24, 2.45) is 0 Å². The topological polar surface area (TPSA) is 83.4 Å². The van der Waals surface area contributed by atoms with Gasteiger partial charge in [0.2, 0.25) is 5.82 Å². The molecule has 84 valence electrons. The minimum absolute atomic E-state index is 0.148. The van der Waals surface area contributed by atoms with Crippen molar-refractivity contribution in [2.75, 3.05) is 13.1 Å². The van der Waals surface area contributed by atoms with E-state index in [4.69, 9.17) is 5.11 Å². The van der Waals surface area contributed by atoms with Crippen molar-refractivity contribution >= 4 is 11.9 Å². The van der Waals surface area contributed by atoms with Crippen molar-refractivity contribution in [3.05, 3.63) is 23.8 Å².